The van der Waals surface area contributed by atoms with E-state index in [1.54, 1.807) is 18.2 Å². The van der Waals surface area contributed by atoms with Gasteiger partial charge in [0.05, 0.1) is 25.6 Å². The zero-order chi connectivity index (χ0) is 22.1. The number of benzene rings is 1. The van der Waals surface area contributed by atoms with E-state index in [1.165, 1.54) is 44.6 Å². The number of methoxy groups -OCH3 is 2. The van der Waals surface area contributed by atoms with Gasteiger partial charge in [-0.25, -0.2) is 0 Å². The van der Waals surface area contributed by atoms with Crippen molar-refractivity contribution in [3.8, 4) is 11.5 Å². The predicted octanol–water partition coefficient (Wildman–Crippen LogP) is 1.56. The zero-order valence-corrected chi connectivity index (χ0v) is 17.6. The average molecular weight is 434 g/mol. The first-order valence-corrected chi connectivity index (χ1v) is 9.68. The molecule has 0 atom stereocenters. The summed E-state index contributed by atoms with van der Waals surface area (Å²) < 4.78 is 15.2. The Balaban J connectivity index is 1.80. The standard InChI is InChI=1S/C20H22N2O7S/c1-12(23)21-9-14-5-7-18(30-14)15(24)11-29-19(25)10-22-20(26)13-4-6-16(27-2)17(8-13)28-3/h4-8H,9-11H2,1-3H3,(H,21,23)(H,22,26). The SMILES string of the molecule is COc1ccc(C(=O)NCC(=O)OCC(=O)c2ccc(CNC(C)=O)s2)cc1OC. The van der Waals surface area contributed by atoms with Crippen molar-refractivity contribution in [3.05, 3.63) is 45.6 Å². The van der Waals surface area contributed by atoms with Gasteiger partial charge in [-0.15, -0.1) is 11.3 Å². The number of esters is 1. The highest BCUT2D eigenvalue weighted by molar-refractivity contribution is 7.14. The summed E-state index contributed by atoms with van der Waals surface area (Å²) >= 11 is 1.21. The molecule has 2 rings (SSSR count). The second kappa shape index (κ2) is 11.0. The summed E-state index contributed by atoms with van der Waals surface area (Å²) in [7, 11) is 2.93. The highest BCUT2D eigenvalue weighted by atomic mass is 32.1. The number of hydrogen-bond acceptors (Lipinski definition) is 8. The molecule has 0 fully saturated rings. The first kappa shape index (κ1) is 22.9. The average Bonchev–Trinajstić information content (AvgIpc) is 3.22. The molecule has 1 heterocycles. The second-order valence-corrected chi connectivity index (χ2v) is 7.18. The van der Waals surface area contributed by atoms with Gasteiger partial charge in [0.25, 0.3) is 5.91 Å². The molecule has 9 nitrogen and oxygen atoms in total. The van der Waals surface area contributed by atoms with Gasteiger partial charge in [0, 0.05) is 17.4 Å². The zero-order valence-electron chi connectivity index (χ0n) is 16.8. The summed E-state index contributed by atoms with van der Waals surface area (Å²) in [5.74, 6) is -0.922. The molecule has 30 heavy (non-hydrogen) atoms. The Bertz CT molecular complexity index is 939. The number of hydrogen-bond donors (Lipinski definition) is 2. The number of carbonyl (C=O) groups excluding carboxylic acids is 4. The van der Waals surface area contributed by atoms with Gasteiger partial charge in [0.1, 0.15) is 6.54 Å². The van der Waals surface area contributed by atoms with Crippen LogP contribution < -0.4 is 20.1 Å². The van der Waals surface area contributed by atoms with Crippen LogP contribution in [0.3, 0.4) is 0 Å². The van der Waals surface area contributed by atoms with Crippen molar-refractivity contribution in [3.63, 3.8) is 0 Å². The molecule has 0 aliphatic rings. The molecule has 1 aromatic heterocycles. The van der Waals surface area contributed by atoms with E-state index in [1.807, 2.05) is 0 Å². The largest absolute Gasteiger partial charge is 0.493 e. The van der Waals surface area contributed by atoms with Crippen molar-refractivity contribution in [2.75, 3.05) is 27.4 Å². The lowest BCUT2D eigenvalue weighted by Crippen LogP contribution is -2.31. The van der Waals surface area contributed by atoms with E-state index in [2.05, 4.69) is 10.6 Å². The molecule has 0 spiro atoms. The maximum absolute atomic E-state index is 12.2. The Kier molecular flexibility index (Phi) is 8.36. The van der Waals surface area contributed by atoms with Gasteiger partial charge in [0.15, 0.2) is 18.1 Å². The van der Waals surface area contributed by atoms with Crippen LogP contribution in [0.5, 0.6) is 11.5 Å². The van der Waals surface area contributed by atoms with Gasteiger partial charge in [-0.3, -0.25) is 19.2 Å². The summed E-state index contributed by atoms with van der Waals surface area (Å²) in [5.41, 5.74) is 0.279. The Morgan fingerprint density at radius 1 is 0.967 bits per heavy atom. The van der Waals surface area contributed by atoms with Crippen LogP contribution in [0.15, 0.2) is 30.3 Å². The third-order valence-corrected chi connectivity index (χ3v) is 4.98. The third-order valence-electron chi connectivity index (χ3n) is 3.85. The number of rotatable bonds is 10. The number of nitrogens with one attached hydrogen (secondary N) is 2. The lowest BCUT2D eigenvalue weighted by atomic mass is 10.2. The third kappa shape index (κ3) is 6.59. The number of ether oxygens (including phenoxy) is 3. The molecular weight excluding hydrogens is 412 g/mol. The van der Waals surface area contributed by atoms with Crippen molar-refractivity contribution < 1.29 is 33.4 Å². The maximum Gasteiger partial charge on any atom is 0.325 e. The van der Waals surface area contributed by atoms with Gasteiger partial charge in [-0.1, -0.05) is 0 Å². The Hall–Kier alpha value is -3.40. The molecule has 10 heteroatoms. The lowest BCUT2D eigenvalue weighted by Gasteiger charge is -2.10. The van der Waals surface area contributed by atoms with Crippen LogP contribution in [-0.2, 0) is 20.9 Å². The monoisotopic (exact) mass is 434 g/mol. The molecular formula is C20H22N2O7S. The topological polar surface area (TPSA) is 120 Å². The number of thiophene rings is 1. The minimum Gasteiger partial charge on any atom is -0.493 e. The number of amides is 2. The molecule has 160 valence electrons. The summed E-state index contributed by atoms with van der Waals surface area (Å²) in [6.45, 7) is 0.905. The van der Waals surface area contributed by atoms with E-state index < -0.39 is 25.0 Å². The highest BCUT2D eigenvalue weighted by Crippen LogP contribution is 2.27. The first-order chi connectivity index (χ1) is 14.3. The van der Waals surface area contributed by atoms with Crippen LogP contribution in [-0.4, -0.2) is 50.9 Å². The van der Waals surface area contributed by atoms with E-state index in [0.717, 1.165) is 4.88 Å². The lowest BCUT2D eigenvalue weighted by molar-refractivity contribution is -0.141. The van der Waals surface area contributed by atoms with E-state index in [0.29, 0.717) is 22.9 Å². The number of ketones is 1. The van der Waals surface area contributed by atoms with Gasteiger partial charge < -0.3 is 24.8 Å². The van der Waals surface area contributed by atoms with Gasteiger partial charge in [-0.2, -0.15) is 0 Å². The van der Waals surface area contributed by atoms with Gasteiger partial charge in [-0.05, 0) is 30.3 Å². The van der Waals surface area contributed by atoms with Crippen molar-refractivity contribution in [2.45, 2.75) is 13.5 Å². The Labute approximate surface area is 177 Å². The van der Waals surface area contributed by atoms with Crippen molar-refractivity contribution >= 4 is 34.9 Å². The first-order valence-electron chi connectivity index (χ1n) is 8.86. The van der Waals surface area contributed by atoms with Crippen LogP contribution >= 0.6 is 11.3 Å². The van der Waals surface area contributed by atoms with E-state index in [9.17, 15) is 19.2 Å². The van der Waals surface area contributed by atoms with Crippen LogP contribution in [0.4, 0.5) is 0 Å². The summed E-state index contributed by atoms with van der Waals surface area (Å²) in [6, 6.07) is 7.92. The fourth-order valence-electron chi connectivity index (χ4n) is 2.33. The van der Waals surface area contributed by atoms with Crippen molar-refractivity contribution in [1.29, 1.82) is 0 Å². The normalized spacial score (nSPS) is 10.1. The second-order valence-electron chi connectivity index (χ2n) is 6.01. The minimum absolute atomic E-state index is 0.166. The van der Waals surface area contributed by atoms with Gasteiger partial charge >= 0.3 is 5.97 Å². The Morgan fingerprint density at radius 2 is 1.70 bits per heavy atom. The summed E-state index contributed by atoms with van der Waals surface area (Å²) in [6.07, 6.45) is 0. The molecule has 0 radical (unpaired) electrons. The van der Waals surface area contributed by atoms with Crippen molar-refractivity contribution in [2.24, 2.45) is 0 Å². The molecule has 0 aliphatic carbocycles. The molecule has 2 amide bonds. The smallest absolute Gasteiger partial charge is 0.325 e. The number of Topliss-reactive ketones (excluding diaryl/α,β-unsaturated/α-hetero) is 1. The van der Waals surface area contributed by atoms with Gasteiger partial charge in [0.2, 0.25) is 11.7 Å². The minimum atomic E-state index is -0.743. The Morgan fingerprint density at radius 3 is 2.37 bits per heavy atom. The van der Waals surface area contributed by atoms with Crippen LogP contribution in [0.25, 0.3) is 0 Å². The molecule has 0 saturated carbocycles. The van der Waals surface area contributed by atoms with Crippen molar-refractivity contribution in [1.82, 2.24) is 10.6 Å². The molecule has 0 saturated heterocycles. The van der Waals surface area contributed by atoms with E-state index in [-0.39, 0.29) is 17.3 Å². The fraction of sp³-hybridized carbons (Fsp3) is 0.300. The molecule has 1 aromatic carbocycles. The molecule has 0 bridgehead atoms. The molecule has 0 aliphatic heterocycles. The summed E-state index contributed by atoms with van der Waals surface area (Å²) in [5, 5.41) is 5.06. The fourth-order valence-corrected chi connectivity index (χ4v) is 3.21. The molecule has 2 aromatic rings. The highest BCUT2D eigenvalue weighted by Gasteiger charge is 2.15. The quantitative estimate of drug-likeness (QED) is 0.430. The predicted molar refractivity (Wildman–Crippen MR) is 109 cm³/mol. The number of carbonyl (C=O) groups is 4. The van der Waals surface area contributed by atoms with Crippen LogP contribution in [0.1, 0.15) is 31.8 Å². The van der Waals surface area contributed by atoms with Crippen LogP contribution in [0.2, 0.25) is 0 Å². The van der Waals surface area contributed by atoms with Crippen LogP contribution in [0, 0.1) is 0 Å². The molecule has 2 N–H and O–H groups in total. The maximum atomic E-state index is 12.2. The molecule has 0 unspecified atom stereocenters. The summed E-state index contributed by atoms with van der Waals surface area (Å²) in [4.78, 5) is 48.3. The van der Waals surface area contributed by atoms with E-state index >= 15 is 0 Å². The van der Waals surface area contributed by atoms with E-state index in [4.69, 9.17) is 14.2 Å².